The summed E-state index contributed by atoms with van der Waals surface area (Å²) < 4.78 is 16.9. The average Bonchev–Trinajstić information content (AvgIpc) is 3.47. The highest BCUT2D eigenvalue weighted by molar-refractivity contribution is 5.71. The lowest BCUT2D eigenvalue weighted by atomic mass is 10.0. The Morgan fingerprint density at radius 1 is 0.259 bits per heavy atom. The molecule has 6 heteroatoms. The third-order valence-electron chi connectivity index (χ3n) is 14.4. The van der Waals surface area contributed by atoms with Crippen LogP contribution in [0.3, 0.4) is 0 Å². The summed E-state index contributed by atoms with van der Waals surface area (Å²) in [5.41, 5.74) is 0. The van der Waals surface area contributed by atoms with Crippen LogP contribution in [0.1, 0.15) is 316 Å². The summed E-state index contributed by atoms with van der Waals surface area (Å²) in [4.78, 5) is 38.4. The molecule has 0 aromatic heterocycles. The molecular weight excluding hydrogens is 997 g/mol. The van der Waals surface area contributed by atoms with E-state index < -0.39 is 6.10 Å². The third kappa shape index (κ3) is 66.5. The van der Waals surface area contributed by atoms with E-state index in [0.29, 0.717) is 19.3 Å². The fourth-order valence-electron chi connectivity index (χ4n) is 9.40. The van der Waals surface area contributed by atoms with Gasteiger partial charge in [-0.15, -0.1) is 0 Å². The zero-order valence-corrected chi connectivity index (χ0v) is 53.0. The van der Waals surface area contributed by atoms with Crippen molar-refractivity contribution >= 4 is 17.9 Å². The molecule has 0 aromatic rings. The number of carbonyl (C=O) groups is 3. The van der Waals surface area contributed by atoms with Gasteiger partial charge in [0.25, 0.3) is 0 Å². The predicted octanol–water partition coefficient (Wildman–Crippen LogP) is 23.6. The summed E-state index contributed by atoms with van der Waals surface area (Å²) in [6.45, 7) is 6.38. The molecule has 6 nitrogen and oxygen atoms in total. The maximum Gasteiger partial charge on any atom is 0.306 e. The zero-order chi connectivity index (χ0) is 58.5. The molecule has 0 aliphatic heterocycles. The molecule has 0 heterocycles. The molecule has 1 unspecified atom stereocenters. The lowest BCUT2D eigenvalue weighted by molar-refractivity contribution is -0.167. The van der Waals surface area contributed by atoms with Gasteiger partial charge in [-0.2, -0.15) is 0 Å². The lowest BCUT2D eigenvalue weighted by Crippen LogP contribution is -2.30. The smallest absolute Gasteiger partial charge is 0.306 e. The first-order valence-electron chi connectivity index (χ1n) is 34.0. The summed E-state index contributed by atoms with van der Waals surface area (Å²) in [6.07, 6.45) is 95.1. The van der Waals surface area contributed by atoms with Gasteiger partial charge >= 0.3 is 17.9 Å². The fraction of sp³-hybridized carbons (Fsp3) is 0.693. The van der Waals surface area contributed by atoms with E-state index in [1.54, 1.807) is 0 Å². The molecule has 0 N–H and O–H groups in total. The molecule has 0 bridgehead atoms. The Balaban J connectivity index is 4.31. The monoisotopic (exact) mass is 1120 g/mol. The lowest BCUT2D eigenvalue weighted by Gasteiger charge is -2.18. The highest BCUT2D eigenvalue weighted by atomic mass is 16.6. The van der Waals surface area contributed by atoms with Crippen molar-refractivity contribution < 1.29 is 28.6 Å². The second-order valence-electron chi connectivity index (χ2n) is 22.3. The Labute approximate surface area is 501 Å². The van der Waals surface area contributed by atoms with Crippen molar-refractivity contribution in [1.82, 2.24) is 0 Å². The van der Waals surface area contributed by atoms with Crippen molar-refractivity contribution in [2.45, 2.75) is 322 Å². The quantitative estimate of drug-likeness (QED) is 0.0261. The molecule has 0 aromatic carbocycles. The number of ether oxygens (including phenoxy) is 3. The second-order valence-corrected chi connectivity index (χ2v) is 22.3. The number of carbonyl (C=O) groups excluding carboxylic acids is 3. The summed E-state index contributed by atoms with van der Waals surface area (Å²) in [6, 6.07) is 0. The highest BCUT2D eigenvalue weighted by Gasteiger charge is 2.19. The van der Waals surface area contributed by atoms with Crippen LogP contribution in [0.2, 0.25) is 0 Å². The SMILES string of the molecule is CC/C=C\C/C=C\C/C=C\C/C=C\CCCCCCCCCCCCCCCCCCC(=O)OCC(COC(=O)CCCC/C=C\C/C=C\C/C=C\C/C=C\CC)OC(=O)CCCCCCCCCCC/C=C\C/C=C\CCCCC. The molecule has 0 radical (unpaired) electrons. The molecule has 1 atom stereocenters. The molecule has 0 aliphatic rings. The summed E-state index contributed by atoms with van der Waals surface area (Å²) >= 11 is 0. The molecule has 462 valence electrons. The van der Waals surface area contributed by atoms with Gasteiger partial charge in [-0.3, -0.25) is 14.4 Å². The van der Waals surface area contributed by atoms with E-state index in [1.165, 1.54) is 161 Å². The standard InChI is InChI=1S/C75H126O6/c1-4-7-10-13-16-19-22-25-28-30-32-33-34-35-36-37-38-39-40-41-43-44-47-50-53-56-59-62-65-68-74(77)80-71-72(70-79-73(76)67-64-61-58-55-52-49-46-27-24-21-18-15-12-9-6-3)81-75(78)69-66-63-60-57-54-51-48-45-42-31-29-26-23-20-17-14-11-8-5-2/h7,9-10,12,16-21,25-29,32-33,46,52,55,72H,4-6,8,11,13-15,22-24,30-31,34-45,47-51,53-54,56-71H2,1-3H3/b10-7-,12-9-,19-16-,20-17-,21-18-,28-25-,29-26-,33-32-,46-27-,55-52-. The minimum atomic E-state index is -0.801. The minimum absolute atomic E-state index is 0.0930. The van der Waals surface area contributed by atoms with Crippen LogP contribution in [0, 0.1) is 0 Å². The van der Waals surface area contributed by atoms with E-state index in [1.807, 2.05) is 0 Å². The Kier molecular flexibility index (Phi) is 64.8. The van der Waals surface area contributed by atoms with Crippen LogP contribution in [0.15, 0.2) is 122 Å². The van der Waals surface area contributed by atoms with Gasteiger partial charge in [-0.25, -0.2) is 0 Å². The van der Waals surface area contributed by atoms with E-state index in [2.05, 4.69) is 142 Å². The van der Waals surface area contributed by atoms with E-state index in [4.69, 9.17) is 14.2 Å². The summed E-state index contributed by atoms with van der Waals surface area (Å²) in [7, 11) is 0. The minimum Gasteiger partial charge on any atom is -0.462 e. The van der Waals surface area contributed by atoms with Crippen LogP contribution in [-0.2, 0) is 28.6 Å². The topological polar surface area (TPSA) is 78.9 Å². The number of rotatable bonds is 61. The van der Waals surface area contributed by atoms with E-state index in [0.717, 1.165) is 116 Å². The number of unbranched alkanes of at least 4 members (excludes halogenated alkanes) is 30. The fourth-order valence-corrected chi connectivity index (χ4v) is 9.40. The maximum absolute atomic E-state index is 12.9. The van der Waals surface area contributed by atoms with Crippen molar-refractivity contribution in [2.24, 2.45) is 0 Å². The van der Waals surface area contributed by atoms with Crippen LogP contribution in [0.25, 0.3) is 0 Å². The van der Waals surface area contributed by atoms with Gasteiger partial charge in [0.05, 0.1) is 0 Å². The van der Waals surface area contributed by atoms with E-state index in [-0.39, 0.29) is 31.1 Å². The summed E-state index contributed by atoms with van der Waals surface area (Å²) in [5, 5.41) is 0. The first-order chi connectivity index (χ1) is 40.0. The number of hydrogen-bond donors (Lipinski definition) is 0. The van der Waals surface area contributed by atoms with Gasteiger partial charge in [0.15, 0.2) is 6.10 Å². The largest absolute Gasteiger partial charge is 0.462 e. The first-order valence-corrected chi connectivity index (χ1v) is 34.0. The van der Waals surface area contributed by atoms with Crippen molar-refractivity contribution in [3.05, 3.63) is 122 Å². The molecule has 0 fully saturated rings. The molecule has 0 aliphatic carbocycles. The third-order valence-corrected chi connectivity index (χ3v) is 14.4. The predicted molar refractivity (Wildman–Crippen MR) is 353 cm³/mol. The van der Waals surface area contributed by atoms with Gasteiger partial charge < -0.3 is 14.2 Å². The number of hydrogen-bond acceptors (Lipinski definition) is 6. The molecule has 81 heavy (non-hydrogen) atoms. The van der Waals surface area contributed by atoms with Crippen LogP contribution in [0.5, 0.6) is 0 Å². The number of allylic oxidation sites excluding steroid dienone is 20. The van der Waals surface area contributed by atoms with Crippen molar-refractivity contribution in [2.75, 3.05) is 13.2 Å². The summed E-state index contributed by atoms with van der Waals surface area (Å²) in [5.74, 6) is -0.931. The zero-order valence-electron chi connectivity index (χ0n) is 53.0. The van der Waals surface area contributed by atoms with Crippen molar-refractivity contribution in [1.29, 1.82) is 0 Å². The van der Waals surface area contributed by atoms with Gasteiger partial charge in [0.1, 0.15) is 13.2 Å². The van der Waals surface area contributed by atoms with Gasteiger partial charge in [-0.1, -0.05) is 290 Å². The van der Waals surface area contributed by atoms with Crippen molar-refractivity contribution in [3.63, 3.8) is 0 Å². The molecule has 0 spiro atoms. The normalized spacial score (nSPS) is 12.9. The Hall–Kier alpha value is -4.19. The van der Waals surface area contributed by atoms with E-state index >= 15 is 0 Å². The molecule has 0 rings (SSSR count). The number of esters is 3. The van der Waals surface area contributed by atoms with Crippen LogP contribution < -0.4 is 0 Å². The van der Waals surface area contributed by atoms with Crippen molar-refractivity contribution in [3.8, 4) is 0 Å². The Bertz CT molecular complexity index is 1670. The highest BCUT2D eigenvalue weighted by Crippen LogP contribution is 2.17. The van der Waals surface area contributed by atoms with Crippen LogP contribution in [0.4, 0.5) is 0 Å². The van der Waals surface area contributed by atoms with Gasteiger partial charge in [-0.05, 0) is 128 Å². The van der Waals surface area contributed by atoms with E-state index in [9.17, 15) is 14.4 Å². The van der Waals surface area contributed by atoms with Crippen LogP contribution >= 0.6 is 0 Å². The molecular formula is C75H126O6. The molecule has 0 saturated carbocycles. The Morgan fingerprint density at radius 3 is 0.778 bits per heavy atom. The average molecular weight is 1120 g/mol. The second kappa shape index (κ2) is 68.3. The molecule has 0 amide bonds. The van der Waals surface area contributed by atoms with Gasteiger partial charge in [0.2, 0.25) is 0 Å². The first kappa shape index (κ1) is 76.8. The Morgan fingerprint density at radius 2 is 0.481 bits per heavy atom. The van der Waals surface area contributed by atoms with Crippen LogP contribution in [-0.4, -0.2) is 37.2 Å². The maximum atomic E-state index is 12.9. The molecule has 0 saturated heterocycles. The van der Waals surface area contributed by atoms with Gasteiger partial charge in [0, 0.05) is 19.3 Å².